The number of nitroso groups, excluding NO2 is 1. The Morgan fingerprint density at radius 2 is 2.05 bits per heavy atom. The number of rotatable bonds is 1. The summed E-state index contributed by atoms with van der Waals surface area (Å²) in [4.78, 5) is 23.5. The van der Waals surface area contributed by atoms with Crippen LogP contribution in [-0.2, 0) is 11.2 Å². The number of nitrogens with zero attached hydrogens (tertiary/aromatic N) is 1. The molecule has 2 fully saturated rings. The van der Waals surface area contributed by atoms with Gasteiger partial charge in [-0.05, 0) is 72.2 Å². The van der Waals surface area contributed by atoms with E-state index in [4.69, 9.17) is 5.73 Å². The van der Waals surface area contributed by atoms with Gasteiger partial charge in [-0.25, -0.2) is 0 Å². The van der Waals surface area contributed by atoms with E-state index < -0.39 is 0 Å². The second-order valence-electron chi connectivity index (χ2n) is 7.50. The van der Waals surface area contributed by atoms with Gasteiger partial charge in [0.05, 0.1) is 5.69 Å². The molecule has 2 N–H and O–H groups in total. The minimum atomic E-state index is -0.0990. The second-order valence-corrected chi connectivity index (χ2v) is 7.50. The van der Waals surface area contributed by atoms with Crippen molar-refractivity contribution in [2.45, 2.75) is 51.4 Å². The van der Waals surface area contributed by atoms with Gasteiger partial charge < -0.3 is 5.73 Å². The van der Waals surface area contributed by atoms with Crippen LogP contribution in [0.5, 0.6) is 0 Å². The third-order valence-corrected chi connectivity index (χ3v) is 6.71. The number of nitrogens with two attached hydrogens (primary N) is 1. The predicted molar refractivity (Wildman–Crippen MR) is 85.9 cm³/mol. The first-order valence-electron chi connectivity index (χ1n) is 8.34. The van der Waals surface area contributed by atoms with Crippen molar-refractivity contribution >= 4 is 17.2 Å². The highest BCUT2D eigenvalue weighted by molar-refractivity contribution is 5.87. The fourth-order valence-corrected chi connectivity index (χ4v) is 5.55. The standard InChI is InChI=1S/C18H22N2O2/c1-18-9-8-11-10-4-6-15(19)17(20-22)13(10)3-2-12(11)14(18)5-7-16(18)21/h4,6,11-12,14H,2-3,5,7-9,19H2,1H3/t11?,12?,14?,18-/m0/s1. The molecule has 1 aromatic carbocycles. The fourth-order valence-electron chi connectivity index (χ4n) is 5.55. The Bertz CT molecular complexity index is 669. The lowest BCUT2D eigenvalue weighted by Gasteiger charge is -2.48. The summed E-state index contributed by atoms with van der Waals surface area (Å²) >= 11 is 0. The Balaban J connectivity index is 1.77. The van der Waals surface area contributed by atoms with Crippen LogP contribution in [0.1, 0.15) is 56.1 Å². The van der Waals surface area contributed by atoms with Crippen LogP contribution in [0.25, 0.3) is 0 Å². The third-order valence-electron chi connectivity index (χ3n) is 6.71. The molecule has 1 aromatic rings. The highest BCUT2D eigenvalue weighted by Gasteiger charge is 2.54. The molecular weight excluding hydrogens is 276 g/mol. The van der Waals surface area contributed by atoms with Gasteiger partial charge in [0.25, 0.3) is 0 Å². The number of nitrogen functional groups attached to an aromatic ring is 1. The summed E-state index contributed by atoms with van der Waals surface area (Å²) in [6.07, 6.45) is 5.73. The van der Waals surface area contributed by atoms with Crippen LogP contribution in [0, 0.1) is 22.2 Å². The average Bonchev–Trinajstić information content (AvgIpc) is 2.82. The van der Waals surface area contributed by atoms with Crippen LogP contribution in [0.4, 0.5) is 11.4 Å². The number of benzene rings is 1. The predicted octanol–water partition coefficient (Wildman–Crippen LogP) is 4.09. The largest absolute Gasteiger partial charge is 0.397 e. The summed E-state index contributed by atoms with van der Waals surface area (Å²) in [6.45, 7) is 2.18. The van der Waals surface area contributed by atoms with E-state index in [-0.39, 0.29) is 5.41 Å². The highest BCUT2D eigenvalue weighted by Crippen LogP contribution is 2.60. The molecule has 4 nitrogen and oxygen atoms in total. The molecule has 4 atom stereocenters. The number of hydrogen-bond donors (Lipinski definition) is 1. The van der Waals surface area contributed by atoms with Gasteiger partial charge in [0.15, 0.2) is 0 Å². The highest BCUT2D eigenvalue weighted by atomic mass is 16.3. The summed E-state index contributed by atoms with van der Waals surface area (Å²) in [5, 5.41) is 3.18. The summed E-state index contributed by atoms with van der Waals surface area (Å²) in [5.41, 5.74) is 9.08. The normalized spacial score (nSPS) is 36.4. The van der Waals surface area contributed by atoms with E-state index in [0.717, 1.165) is 44.1 Å². The van der Waals surface area contributed by atoms with Gasteiger partial charge in [0.2, 0.25) is 0 Å². The molecule has 0 heterocycles. The van der Waals surface area contributed by atoms with Gasteiger partial charge in [-0.1, -0.05) is 13.0 Å². The van der Waals surface area contributed by atoms with Gasteiger partial charge >= 0.3 is 0 Å². The van der Waals surface area contributed by atoms with Gasteiger partial charge in [0.1, 0.15) is 11.5 Å². The maximum absolute atomic E-state index is 12.3. The average molecular weight is 298 g/mol. The Morgan fingerprint density at radius 3 is 2.82 bits per heavy atom. The SMILES string of the molecule is C[C@]12CCC3c4ccc(N)c(N=O)c4CCC3C1CCC2=O. The molecule has 0 saturated heterocycles. The lowest BCUT2D eigenvalue weighted by Crippen LogP contribution is -2.42. The number of carbonyl (C=O) groups excluding carboxylic acids is 1. The van der Waals surface area contributed by atoms with Gasteiger partial charge in [-0.15, -0.1) is 4.91 Å². The molecule has 4 heteroatoms. The van der Waals surface area contributed by atoms with Crippen LogP contribution in [0.3, 0.4) is 0 Å². The van der Waals surface area contributed by atoms with E-state index in [1.807, 2.05) is 6.07 Å². The van der Waals surface area contributed by atoms with Crippen molar-refractivity contribution in [1.29, 1.82) is 0 Å². The van der Waals surface area contributed by atoms with Crippen LogP contribution >= 0.6 is 0 Å². The number of anilines is 1. The fraction of sp³-hybridized carbons (Fsp3) is 0.611. The Morgan fingerprint density at radius 1 is 1.23 bits per heavy atom. The first-order chi connectivity index (χ1) is 10.6. The number of fused-ring (bicyclic) bond motifs is 5. The van der Waals surface area contributed by atoms with Gasteiger partial charge in [-0.3, -0.25) is 4.79 Å². The van der Waals surface area contributed by atoms with Crippen LogP contribution in [0.2, 0.25) is 0 Å². The van der Waals surface area contributed by atoms with Crippen molar-refractivity contribution < 1.29 is 4.79 Å². The molecule has 0 aliphatic heterocycles. The van der Waals surface area contributed by atoms with Crippen LogP contribution in [0.15, 0.2) is 17.3 Å². The van der Waals surface area contributed by atoms with E-state index in [9.17, 15) is 9.70 Å². The van der Waals surface area contributed by atoms with Gasteiger partial charge in [0, 0.05) is 11.8 Å². The summed E-state index contributed by atoms with van der Waals surface area (Å²) < 4.78 is 0. The Kier molecular flexibility index (Phi) is 2.94. The zero-order valence-corrected chi connectivity index (χ0v) is 13.0. The molecule has 0 radical (unpaired) electrons. The Hall–Kier alpha value is -1.71. The van der Waals surface area contributed by atoms with Crippen LogP contribution < -0.4 is 5.73 Å². The summed E-state index contributed by atoms with van der Waals surface area (Å²) in [5.74, 6) is 2.01. The van der Waals surface area contributed by atoms with E-state index in [1.54, 1.807) is 0 Å². The molecule has 0 bridgehead atoms. The summed E-state index contributed by atoms with van der Waals surface area (Å²) in [7, 11) is 0. The third kappa shape index (κ3) is 1.67. The van der Waals surface area contributed by atoms with Gasteiger partial charge in [-0.2, -0.15) is 0 Å². The zero-order valence-electron chi connectivity index (χ0n) is 13.0. The lowest BCUT2D eigenvalue weighted by molar-refractivity contribution is -0.129. The number of Topliss-reactive ketones (excluding diaryl/α,β-unsaturated/α-hetero) is 1. The molecule has 116 valence electrons. The first-order valence-corrected chi connectivity index (χ1v) is 8.34. The number of carbonyl (C=O) groups is 1. The minimum absolute atomic E-state index is 0.0990. The van der Waals surface area contributed by atoms with Crippen molar-refractivity contribution in [3.05, 3.63) is 28.2 Å². The molecule has 4 rings (SSSR count). The lowest BCUT2D eigenvalue weighted by atomic mass is 9.55. The maximum Gasteiger partial charge on any atom is 0.139 e. The maximum atomic E-state index is 12.3. The quantitative estimate of drug-likeness (QED) is 0.627. The molecule has 2 saturated carbocycles. The molecular formula is C18H22N2O2. The smallest absolute Gasteiger partial charge is 0.139 e. The Labute approximate surface area is 130 Å². The van der Waals surface area contributed by atoms with Crippen LogP contribution in [-0.4, -0.2) is 5.78 Å². The number of ketones is 1. The molecule has 0 amide bonds. The monoisotopic (exact) mass is 298 g/mol. The van der Waals surface area contributed by atoms with Crippen molar-refractivity contribution in [2.24, 2.45) is 22.4 Å². The van der Waals surface area contributed by atoms with Crippen molar-refractivity contribution in [3.8, 4) is 0 Å². The molecule has 0 aromatic heterocycles. The zero-order chi connectivity index (χ0) is 15.5. The van der Waals surface area contributed by atoms with Crippen molar-refractivity contribution in [2.75, 3.05) is 5.73 Å². The van der Waals surface area contributed by atoms with E-state index >= 15 is 0 Å². The van der Waals surface area contributed by atoms with E-state index in [0.29, 0.717) is 34.9 Å². The first kappa shape index (κ1) is 13.9. The summed E-state index contributed by atoms with van der Waals surface area (Å²) in [6, 6.07) is 3.92. The molecule has 3 aliphatic carbocycles. The van der Waals surface area contributed by atoms with Crippen molar-refractivity contribution in [1.82, 2.24) is 0 Å². The molecule has 22 heavy (non-hydrogen) atoms. The molecule has 3 aliphatic rings. The van der Waals surface area contributed by atoms with Crippen molar-refractivity contribution in [3.63, 3.8) is 0 Å². The molecule has 3 unspecified atom stereocenters. The topological polar surface area (TPSA) is 72.5 Å². The van der Waals surface area contributed by atoms with E-state index in [1.165, 1.54) is 5.56 Å². The molecule has 0 spiro atoms. The number of hydrogen-bond acceptors (Lipinski definition) is 4. The second kappa shape index (κ2) is 4.64. The van der Waals surface area contributed by atoms with E-state index in [2.05, 4.69) is 18.2 Å². The minimum Gasteiger partial charge on any atom is -0.397 e.